The Morgan fingerprint density at radius 3 is 2.14 bits per heavy atom. The quantitative estimate of drug-likeness (QED) is 0.768. The molecular formula is C16H27ClN2O3. The molecule has 1 amide bonds. The summed E-state index contributed by atoms with van der Waals surface area (Å²) in [7, 11) is 1.60. The molecular weight excluding hydrogens is 304 g/mol. The highest BCUT2D eigenvalue weighted by atomic mass is 35.5. The molecule has 1 unspecified atom stereocenters. The molecule has 1 aromatic carbocycles. The molecule has 0 aromatic heterocycles. The van der Waals surface area contributed by atoms with Crippen LogP contribution in [0.2, 0.25) is 0 Å². The van der Waals surface area contributed by atoms with Crippen molar-refractivity contribution in [2.45, 2.75) is 45.3 Å². The lowest BCUT2D eigenvalue weighted by atomic mass is 9.92. The number of amides is 1. The van der Waals surface area contributed by atoms with Crippen molar-refractivity contribution in [2.75, 3.05) is 13.7 Å². The van der Waals surface area contributed by atoms with Crippen molar-refractivity contribution in [1.82, 2.24) is 5.32 Å². The van der Waals surface area contributed by atoms with E-state index < -0.39 is 6.10 Å². The molecule has 6 heteroatoms. The first-order chi connectivity index (χ1) is 10.00. The predicted molar refractivity (Wildman–Crippen MR) is 90.8 cm³/mol. The van der Waals surface area contributed by atoms with Crippen LogP contribution in [0.1, 0.15) is 33.6 Å². The molecule has 0 saturated carbocycles. The molecule has 126 valence electrons. The van der Waals surface area contributed by atoms with Crippen LogP contribution >= 0.6 is 12.4 Å². The Morgan fingerprint density at radius 2 is 1.73 bits per heavy atom. The van der Waals surface area contributed by atoms with Gasteiger partial charge in [-0.05, 0) is 44.0 Å². The second kappa shape index (κ2) is 9.54. The first-order valence-corrected chi connectivity index (χ1v) is 7.33. The first-order valence-electron chi connectivity index (χ1n) is 7.33. The highest BCUT2D eigenvalue weighted by Gasteiger charge is 2.28. The Balaban J connectivity index is 0.00000441. The lowest BCUT2D eigenvalue weighted by Gasteiger charge is -2.32. The zero-order chi connectivity index (χ0) is 15.9. The van der Waals surface area contributed by atoms with E-state index in [1.165, 1.54) is 0 Å². The van der Waals surface area contributed by atoms with E-state index in [4.69, 9.17) is 15.2 Å². The van der Waals surface area contributed by atoms with Crippen molar-refractivity contribution in [3.63, 3.8) is 0 Å². The molecule has 1 rings (SSSR count). The zero-order valence-electron chi connectivity index (χ0n) is 13.7. The summed E-state index contributed by atoms with van der Waals surface area (Å²) in [6.45, 7) is 6.18. The molecule has 1 aromatic rings. The van der Waals surface area contributed by atoms with Gasteiger partial charge in [-0.25, -0.2) is 0 Å². The fourth-order valence-corrected chi connectivity index (χ4v) is 2.04. The van der Waals surface area contributed by atoms with Crippen LogP contribution in [0.5, 0.6) is 11.5 Å². The monoisotopic (exact) mass is 330 g/mol. The van der Waals surface area contributed by atoms with Crippen molar-refractivity contribution in [3.05, 3.63) is 24.3 Å². The molecule has 3 N–H and O–H groups in total. The molecule has 0 radical (unpaired) electrons. The van der Waals surface area contributed by atoms with E-state index in [2.05, 4.69) is 5.32 Å². The summed E-state index contributed by atoms with van der Waals surface area (Å²) in [6.07, 6.45) is 1.00. The molecule has 1 atom stereocenters. The van der Waals surface area contributed by atoms with Gasteiger partial charge in [0.1, 0.15) is 11.5 Å². The molecule has 0 fully saturated rings. The van der Waals surface area contributed by atoms with Gasteiger partial charge in [0.25, 0.3) is 5.91 Å². The number of hydrogen-bond donors (Lipinski definition) is 2. The maximum Gasteiger partial charge on any atom is 0.261 e. The van der Waals surface area contributed by atoms with E-state index >= 15 is 0 Å². The van der Waals surface area contributed by atoms with Gasteiger partial charge in [-0.3, -0.25) is 4.79 Å². The van der Waals surface area contributed by atoms with E-state index in [0.29, 0.717) is 12.3 Å². The normalized spacial score (nSPS) is 12.0. The Labute approximate surface area is 139 Å². The Kier molecular flexibility index (Phi) is 8.90. The van der Waals surface area contributed by atoms with E-state index in [0.717, 1.165) is 18.6 Å². The number of carbonyl (C=O) groups is 1. The van der Waals surface area contributed by atoms with Crippen LogP contribution < -0.4 is 20.5 Å². The number of benzene rings is 1. The van der Waals surface area contributed by atoms with Crippen LogP contribution in [0.25, 0.3) is 0 Å². The summed E-state index contributed by atoms with van der Waals surface area (Å²) >= 11 is 0. The molecule has 0 saturated heterocycles. The average Bonchev–Trinajstić information content (AvgIpc) is 2.53. The minimum Gasteiger partial charge on any atom is -0.497 e. The van der Waals surface area contributed by atoms with Crippen LogP contribution in [-0.4, -0.2) is 31.2 Å². The molecule has 5 nitrogen and oxygen atoms in total. The Bertz CT molecular complexity index is 439. The smallest absolute Gasteiger partial charge is 0.261 e. The minimum atomic E-state index is -0.581. The molecule has 0 aliphatic rings. The Hall–Kier alpha value is -1.46. The third-order valence-corrected chi connectivity index (χ3v) is 3.87. The van der Waals surface area contributed by atoms with Gasteiger partial charge in [-0.1, -0.05) is 13.8 Å². The van der Waals surface area contributed by atoms with Crippen molar-refractivity contribution in [2.24, 2.45) is 5.73 Å². The molecule has 0 bridgehead atoms. The number of ether oxygens (including phenoxy) is 2. The number of methoxy groups -OCH3 is 1. The summed E-state index contributed by atoms with van der Waals surface area (Å²) in [4.78, 5) is 12.2. The van der Waals surface area contributed by atoms with E-state index in [9.17, 15) is 4.79 Å². The van der Waals surface area contributed by atoms with Gasteiger partial charge in [0.2, 0.25) is 0 Å². The lowest BCUT2D eigenvalue weighted by Crippen LogP contribution is -2.55. The Morgan fingerprint density at radius 1 is 1.23 bits per heavy atom. The number of rotatable bonds is 8. The van der Waals surface area contributed by atoms with Crippen LogP contribution in [0, 0.1) is 0 Å². The topological polar surface area (TPSA) is 73.6 Å². The summed E-state index contributed by atoms with van der Waals surface area (Å²) < 4.78 is 10.7. The third-order valence-electron chi connectivity index (χ3n) is 3.87. The van der Waals surface area contributed by atoms with Crippen LogP contribution in [0.15, 0.2) is 24.3 Å². The minimum absolute atomic E-state index is 0. The fourth-order valence-electron chi connectivity index (χ4n) is 2.04. The number of halogens is 1. The number of carbonyl (C=O) groups excluding carboxylic acids is 1. The van der Waals surface area contributed by atoms with E-state index in [-0.39, 0.29) is 23.9 Å². The lowest BCUT2D eigenvalue weighted by molar-refractivity contribution is -0.129. The van der Waals surface area contributed by atoms with Crippen molar-refractivity contribution in [1.29, 1.82) is 0 Å². The highest BCUT2D eigenvalue weighted by Crippen LogP contribution is 2.19. The summed E-state index contributed by atoms with van der Waals surface area (Å²) in [5.41, 5.74) is 5.44. The molecule has 0 aliphatic heterocycles. The van der Waals surface area contributed by atoms with Gasteiger partial charge < -0.3 is 20.5 Å². The maximum atomic E-state index is 12.2. The largest absolute Gasteiger partial charge is 0.497 e. The highest BCUT2D eigenvalue weighted by molar-refractivity contribution is 5.85. The maximum absolute atomic E-state index is 12.2. The number of nitrogens with two attached hydrogens (primary N) is 1. The first kappa shape index (κ1) is 20.5. The zero-order valence-corrected chi connectivity index (χ0v) is 14.5. The van der Waals surface area contributed by atoms with Crippen LogP contribution in [0.4, 0.5) is 0 Å². The number of nitrogens with one attached hydrogen (secondary N) is 1. The van der Waals surface area contributed by atoms with Crippen molar-refractivity contribution < 1.29 is 14.3 Å². The third kappa shape index (κ3) is 5.39. The molecule has 0 aliphatic carbocycles. The predicted octanol–water partition coefficient (Wildman–Crippen LogP) is 2.52. The average molecular weight is 331 g/mol. The standard InChI is InChI=1S/C16H26N2O3.ClH/c1-5-16(6-2,11-17)18-15(19)12(3)21-14-9-7-13(20-4)8-10-14;/h7-10,12H,5-6,11,17H2,1-4H3,(H,18,19);1H. The van der Waals surface area contributed by atoms with Crippen LogP contribution in [-0.2, 0) is 4.79 Å². The van der Waals surface area contributed by atoms with Gasteiger partial charge in [-0.2, -0.15) is 0 Å². The fraction of sp³-hybridized carbons (Fsp3) is 0.562. The van der Waals surface area contributed by atoms with Gasteiger partial charge in [0, 0.05) is 6.54 Å². The summed E-state index contributed by atoms with van der Waals surface area (Å²) in [5.74, 6) is 1.23. The summed E-state index contributed by atoms with van der Waals surface area (Å²) in [6, 6.07) is 7.14. The van der Waals surface area contributed by atoms with E-state index in [1.54, 1.807) is 38.3 Å². The van der Waals surface area contributed by atoms with Crippen molar-refractivity contribution >= 4 is 18.3 Å². The van der Waals surface area contributed by atoms with Gasteiger partial charge in [-0.15, -0.1) is 12.4 Å². The van der Waals surface area contributed by atoms with Crippen LogP contribution in [0.3, 0.4) is 0 Å². The molecule has 0 heterocycles. The number of hydrogen-bond acceptors (Lipinski definition) is 4. The second-order valence-electron chi connectivity index (χ2n) is 5.12. The van der Waals surface area contributed by atoms with E-state index in [1.807, 2.05) is 13.8 Å². The molecule has 22 heavy (non-hydrogen) atoms. The van der Waals surface area contributed by atoms with Gasteiger partial charge in [0.05, 0.1) is 12.6 Å². The van der Waals surface area contributed by atoms with Crippen molar-refractivity contribution in [3.8, 4) is 11.5 Å². The SMILES string of the molecule is CCC(CC)(CN)NC(=O)C(C)Oc1ccc(OC)cc1.Cl. The van der Waals surface area contributed by atoms with Gasteiger partial charge in [0.15, 0.2) is 6.10 Å². The molecule has 0 spiro atoms. The second-order valence-corrected chi connectivity index (χ2v) is 5.12. The van der Waals surface area contributed by atoms with Gasteiger partial charge >= 0.3 is 0 Å². The summed E-state index contributed by atoms with van der Waals surface area (Å²) in [5, 5.41) is 3.01.